The highest BCUT2D eigenvalue weighted by atomic mass is 32.2. The number of hydrogen-bond acceptors (Lipinski definition) is 9. The summed E-state index contributed by atoms with van der Waals surface area (Å²) < 4.78 is 4.77. The van der Waals surface area contributed by atoms with Gasteiger partial charge >= 0.3 is 11.9 Å². The van der Waals surface area contributed by atoms with Crippen LogP contribution in [0.3, 0.4) is 0 Å². The van der Waals surface area contributed by atoms with E-state index in [1.807, 2.05) is 0 Å². The van der Waals surface area contributed by atoms with Gasteiger partial charge in [-0.15, -0.1) is 4.91 Å². The Labute approximate surface area is 157 Å². The van der Waals surface area contributed by atoms with Crippen LogP contribution < -0.4 is 11.3 Å². The third kappa shape index (κ3) is 5.79. The molecule has 27 heavy (non-hydrogen) atoms. The first-order valence-corrected chi connectivity index (χ1v) is 8.90. The van der Waals surface area contributed by atoms with Gasteiger partial charge < -0.3 is 15.5 Å². The first-order valence-electron chi connectivity index (χ1n) is 7.91. The summed E-state index contributed by atoms with van der Waals surface area (Å²) in [6.07, 6.45) is 1.26. The molecule has 0 saturated carbocycles. The number of thioether (sulfide) groups is 1. The summed E-state index contributed by atoms with van der Waals surface area (Å²) >= 11 is 1.21. The molecule has 1 amide bonds. The van der Waals surface area contributed by atoms with E-state index >= 15 is 0 Å². The molecule has 11 heteroatoms. The number of nitroso groups, excluding NO2 is 1. The van der Waals surface area contributed by atoms with Crippen molar-refractivity contribution < 1.29 is 14.3 Å². The third-order valence-electron chi connectivity index (χ3n) is 3.33. The zero-order valence-corrected chi connectivity index (χ0v) is 15.2. The highest BCUT2D eigenvalue weighted by molar-refractivity contribution is 7.98. The molecule has 0 aliphatic heterocycles. The first-order chi connectivity index (χ1) is 12.9. The van der Waals surface area contributed by atoms with Gasteiger partial charge in [-0.25, -0.2) is 9.78 Å². The minimum absolute atomic E-state index is 0.0897. The molecule has 0 fully saturated rings. The Balaban J connectivity index is 2.02. The number of H-pyrrole nitrogens is 1. The van der Waals surface area contributed by atoms with Crippen LogP contribution in [-0.4, -0.2) is 39.5 Å². The van der Waals surface area contributed by atoms with Crippen LogP contribution in [0.5, 0.6) is 0 Å². The van der Waals surface area contributed by atoms with Crippen LogP contribution in [0, 0.1) is 4.91 Å². The summed E-state index contributed by atoms with van der Waals surface area (Å²) in [4.78, 5) is 55.8. The number of ether oxygens (including phenoxy) is 1. The highest BCUT2D eigenvalue weighted by Gasteiger charge is 2.16. The van der Waals surface area contributed by atoms with Gasteiger partial charge in [-0.05, 0) is 19.1 Å². The van der Waals surface area contributed by atoms with Gasteiger partial charge in [0.25, 0.3) is 5.56 Å². The normalized spacial score (nSPS) is 11.6. The molecule has 142 valence electrons. The van der Waals surface area contributed by atoms with Crippen LogP contribution >= 0.6 is 11.8 Å². The maximum Gasteiger partial charge on any atom is 0.345 e. The predicted molar refractivity (Wildman–Crippen MR) is 97.1 cm³/mol. The fraction of sp³-hybridized carbons (Fsp3) is 0.312. The Hall–Kier alpha value is -2.92. The van der Waals surface area contributed by atoms with Gasteiger partial charge in [0.1, 0.15) is 5.56 Å². The minimum Gasteiger partial charge on any atom is -0.462 e. The molecule has 0 saturated heterocycles. The Morgan fingerprint density at radius 3 is 2.78 bits per heavy atom. The lowest BCUT2D eigenvalue weighted by molar-refractivity contribution is -0.119. The zero-order valence-electron chi connectivity index (χ0n) is 14.4. The van der Waals surface area contributed by atoms with Crippen molar-refractivity contribution in [1.82, 2.24) is 15.0 Å². The van der Waals surface area contributed by atoms with E-state index in [0.29, 0.717) is 22.3 Å². The lowest BCUT2D eigenvalue weighted by Gasteiger charge is -2.07. The van der Waals surface area contributed by atoms with Crippen molar-refractivity contribution in [3.8, 4) is 0 Å². The summed E-state index contributed by atoms with van der Waals surface area (Å²) in [5, 5.41) is 2.62. The topological polar surface area (TPSA) is 157 Å². The maximum absolute atomic E-state index is 11.9. The number of hydrogen-bond donors (Lipinski definition) is 2. The van der Waals surface area contributed by atoms with Crippen LogP contribution in [0.1, 0.15) is 28.7 Å². The van der Waals surface area contributed by atoms with Crippen molar-refractivity contribution in [3.63, 3.8) is 0 Å². The molecule has 0 spiro atoms. The number of esters is 1. The van der Waals surface area contributed by atoms with E-state index in [0.717, 1.165) is 0 Å². The molecule has 0 aliphatic carbocycles. The number of pyridine rings is 1. The Morgan fingerprint density at radius 2 is 2.11 bits per heavy atom. The minimum atomic E-state index is -1.04. The number of aromatic amines is 1. The molecule has 1 unspecified atom stereocenters. The molecule has 2 aromatic heterocycles. The molecule has 2 aromatic rings. The zero-order chi connectivity index (χ0) is 19.8. The van der Waals surface area contributed by atoms with Gasteiger partial charge in [0, 0.05) is 29.2 Å². The van der Waals surface area contributed by atoms with Crippen LogP contribution in [0.15, 0.2) is 39.5 Å². The highest BCUT2D eigenvalue weighted by Crippen LogP contribution is 2.17. The molecule has 3 N–H and O–H groups in total. The molecule has 2 rings (SSSR count). The number of carbonyl (C=O) groups is 2. The van der Waals surface area contributed by atoms with E-state index in [2.05, 4.69) is 20.1 Å². The molecule has 0 bridgehead atoms. The van der Waals surface area contributed by atoms with Gasteiger partial charge in [0.05, 0.1) is 18.3 Å². The van der Waals surface area contributed by atoms with E-state index in [9.17, 15) is 19.3 Å². The maximum atomic E-state index is 11.9. The number of rotatable bonds is 8. The monoisotopic (exact) mass is 391 g/mol. The summed E-state index contributed by atoms with van der Waals surface area (Å²) in [5.74, 6) is -1.28. The molecule has 0 aromatic carbocycles. The second kappa shape index (κ2) is 9.69. The molecular weight excluding hydrogens is 374 g/mol. The van der Waals surface area contributed by atoms with E-state index in [1.54, 1.807) is 25.1 Å². The number of amides is 1. The summed E-state index contributed by atoms with van der Waals surface area (Å²) in [7, 11) is 0. The Bertz CT molecular complexity index is 901. The van der Waals surface area contributed by atoms with Gasteiger partial charge in [-0.1, -0.05) is 17.8 Å². The standard InChI is InChI=1S/C16H17N5O5S/c1-2-26-15(24)11-7-18-16(20-13(11)22)27-8-10-5-3-4-9(19-10)6-12(17)14(23)21-25/h3-5,7,12H,2,6,8,17H2,1H3,(H,18,20,22). The Kier molecular flexibility index (Phi) is 7.32. The second-order valence-electron chi connectivity index (χ2n) is 5.30. The lowest BCUT2D eigenvalue weighted by Crippen LogP contribution is -2.31. The van der Waals surface area contributed by atoms with Crippen molar-refractivity contribution in [2.75, 3.05) is 6.61 Å². The molecule has 1 atom stereocenters. The van der Waals surface area contributed by atoms with Crippen molar-refractivity contribution in [2.24, 2.45) is 10.9 Å². The average Bonchev–Trinajstić information content (AvgIpc) is 2.66. The van der Waals surface area contributed by atoms with Crippen LogP contribution in [0.25, 0.3) is 0 Å². The van der Waals surface area contributed by atoms with Crippen LogP contribution in [-0.2, 0) is 21.7 Å². The van der Waals surface area contributed by atoms with Gasteiger partial charge in [0.2, 0.25) is 0 Å². The lowest BCUT2D eigenvalue weighted by atomic mass is 10.1. The van der Waals surface area contributed by atoms with Gasteiger partial charge in [-0.2, -0.15) is 0 Å². The molecule has 0 radical (unpaired) electrons. The smallest absolute Gasteiger partial charge is 0.345 e. The molecular formula is C16H17N5O5S. The van der Waals surface area contributed by atoms with Gasteiger partial charge in [0.15, 0.2) is 5.16 Å². The predicted octanol–water partition coefficient (Wildman–Crippen LogP) is 0.797. The number of nitrogens with zero attached hydrogens (tertiary/aromatic N) is 3. The summed E-state index contributed by atoms with van der Waals surface area (Å²) in [6, 6.07) is 4.14. The van der Waals surface area contributed by atoms with Crippen molar-refractivity contribution >= 4 is 23.6 Å². The summed E-state index contributed by atoms with van der Waals surface area (Å²) in [5.41, 5.74) is 6.03. The fourth-order valence-corrected chi connectivity index (χ4v) is 2.79. The molecule has 10 nitrogen and oxygen atoms in total. The molecule has 2 heterocycles. The average molecular weight is 391 g/mol. The number of aromatic nitrogens is 3. The van der Waals surface area contributed by atoms with Crippen molar-refractivity contribution in [3.05, 3.63) is 56.6 Å². The van der Waals surface area contributed by atoms with Crippen molar-refractivity contribution in [1.29, 1.82) is 0 Å². The molecule has 0 aliphatic rings. The van der Waals surface area contributed by atoms with Crippen LogP contribution in [0.4, 0.5) is 0 Å². The van der Waals surface area contributed by atoms with E-state index in [1.165, 1.54) is 18.0 Å². The second-order valence-corrected chi connectivity index (χ2v) is 6.26. The quantitative estimate of drug-likeness (QED) is 0.287. The number of carbonyl (C=O) groups excluding carboxylic acids is 2. The number of nitrogens with two attached hydrogens (primary N) is 1. The van der Waals surface area contributed by atoms with Crippen molar-refractivity contribution in [2.45, 2.75) is 30.3 Å². The SMILES string of the molecule is CCOC(=O)c1cnc(SCc2cccc(CC(N)C(=O)N=O)n2)[nH]c1=O. The van der Waals surface area contributed by atoms with E-state index in [-0.39, 0.29) is 18.6 Å². The fourth-order valence-electron chi connectivity index (χ4n) is 2.05. The number of nitrogens with one attached hydrogen (secondary N) is 1. The van der Waals surface area contributed by atoms with Crippen LogP contribution in [0.2, 0.25) is 0 Å². The first kappa shape index (κ1) is 20.4. The third-order valence-corrected chi connectivity index (χ3v) is 4.25. The van der Waals surface area contributed by atoms with E-state index < -0.39 is 23.5 Å². The van der Waals surface area contributed by atoms with E-state index in [4.69, 9.17) is 10.5 Å². The summed E-state index contributed by atoms with van der Waals surface area (Å²) in [6.45, 7) is 1.80. The Morgan fingerprint density at radius 1 is 1.37 bits per heavy atom. The largest absolute Gasteiger partial charge is 0.462 e. The van der Waals surface area contributed by atoms with Gasteiger partial charge in [-0.3, -0.25) is 14.6 Å².